The summed E-state index contributed by atoms with van der Waals surface area (Å²) >= 11 is 0. The third-order valence-corrected chi connectivity index (χ3v) is 4.52. The maximum Gasteiger partial charge on any atom is 0.125 e. The van der Waals surface area contributed by atoms with Crippen LogP contribution in [0.2, 0.25) is 0 Å². The van der Waals surface area contributed by atoms with Crippen LogP contribution < -0.4 is 10.1 Å². The molecule has 0 aliphatic carbocycles. The van der Waals surface area contributed by atoms with Crippen molar-refractivity contribution in [3.8, 4) is 5.75 Å². The Morgan fingerprint density at radius 1 is 0.778 bits per heavy atom. The highest BCUT2D eigenvalue weighted by molar-refractivity contribution is 5.88. The van der Waals surface area contributed by atoms with Gasteiger partial charge in [0.1, 0.15) is 18.2 Å². The van der Waals surface area contributed by atoms with E-state index in [1.165, 1.54) is 17.5 Å². The number of nitrogens with one attached hydrogen (secondary N) is 1. The number of halogens is 1. The van der Waals surface area contributed by atoms with Crippen LogP contribution in [-0.2, 0) is 13.2 Å². The van der Waals surface area contributed by atoms with Crippen LogP contribution in [0, 0.1) is 5.82 Å². The van der Waals surface area contributed by atoms with E-state index in [-0.39, 0.29) is 5.82 Å². The summed E-state index contributed by atoms with van der Waals surface area (Å²) in [6.45, 7) is 0.971. The van der Waals surface area contributed by atoms with E-state index in [1.807, 2.05) is 54.6 Å². The van der Waals surface area contributed by atoms with Crippen LogP contribution in [0.25, 0.3) is 10.8 Å². The fourth-order valence-electron chi connectivity index (χ4n) is 3.17. The summed E-state index contributed by atoms with van der Waals surface area (Å²) in [4.78, 5) is 0. The third-order valence-electron chi connectivity index (χ3n) is 4.52. The first-order valence-electron chi connectivity index (χ1n) is 8.96. The number of rotatable bonds is 6. The van der Waals surface area contributed by atoms with Gasteiger partial charge < -0.3 is 10.1 Å². The molecule has 4 rings (SSSR count). The molecule has 0 bridgehead atoms. The smallest absolute Gasteiger partial charge is 0.125 e. The summed E-state index contributed by atoms with van der Waals surface area (Å²) in [6.07, 6.45) is 0. The Bertz CT molecular complexity index is 1050. The zero-order valence-corrected chi connectivity index (χ0v) is 14.9. The van der Waals surface area contributed by atoms with Gasteiger partial charge in [-0.25, -0.2) is 4.39 Å². The first-order chi connectivity index (χ1) is 13.3. The van der Waals surface area contributed by atoms with E-state index >= 15 is 0 Å². The van der Waals surface area contributed by atoms with Gasteiger partial charge in [-0.15, -0.1) is 0 Å². The molecule has 134 valence electrons. The fraction of sp³-hybridized carbons (Fsp3) is 0.0833. The Labute approximate surface area is 158 Å². The van der Waals surface area contributed by atoms with Crippen LogP contribution in [0.4, 0.5) is 10.1 Å². The van der Waals surface area contributed by atoms with E-state index in [1.54, 1.807) is 6.07 Å². The number of hydrogen-bond donors (Lipinski definition) is 1. The molecule has 0 saturated carbocycles. The van der Waals surface area contributed by atoms with E-state index in [9.17, 15) is 4.39 Å². The van der Waals surface area contributed by atoms with Crippen LogP contribution in [0.1, 0.15) is 11.1 Å². The van der Waals surface area contributed by atoms with E-state index in [4.69, 9.17) is 4.74 Å². The van der Waals surface area contributed by atoms with Crippen LogP contribution in [-0.4, -0.2) is 0 Å². The van der Waals surface area contributed by atoms with Gasteiger partial charge in [-0.2, -0.15) is 0 Å². The number of anilines is 1. The number of para-hydroxylation sites is 1. The normalized spacial score (nSPS) is 10.7. The van der Waals surface area contributed by atoms with Gasteiger partial charge in [0.05, 0.1) is 0 Å². The number of ether oxygens (including phenoxy) is 1. The zero-order valence-electron chi connectivity index (χ0n) is 14.9. The summed E-state index contributed by atoms with van der Waals surface area (Å²) in [5.41, 5.74) is 2.96. The van der Waals surface area contributed by atoms with Crippen molar-refractivity contribution in [3.05, 3.63) is 108 Å². The van der Waals surface area contributed by atoms with Gasteiger partial charge in [0.2, 0.25) is 0 Å². The van der Waals surface area contributed by atoms with Gasteiger partial charge in [-0.05, 0) is 46.7 Å². The van der Waals surface area contributed by atoms with Crippen molar-refractivity contribution in [2.75, 3.05) is 5.32 Å². The molecule has 0 unspecified atom stereocenters. The minimum atomic E-state index is -0.249. The minimum Gasteiger partial charge on any atom is -0.489 e. The van der Waals surface area contributed by atoms with Gasteiger partial charge in [0.15, 0.2) is 0 Å². The summed E-state index contributed by atoms with van der Waals surface area (Å²) in [6, 6.07) is 28.9. The summed E-state index contributed by atoms with van der Waals surface area (Å²) in [7, 11) is 0. The van der Waals surface area contributed by atoms with E-state index in [0.717, 1.165) is 28.0 Å². The predicted molar refractivity (Wildman–Crippen MR) is 108 cm³/mol. The topological polar surface area (TPSA) is 21.3 Å². The van der Waals surface area contributed by atoms with Crippen molar-refractivity contribution < 1.29 is 9.13 Å². The quantitative estimate of drug-likeness (QED) is 0.445. The summed E-state index contributed by atoms with van der Waals surface area (Å²) in [5.74, 6) is 0.557. The number of hydrogen-bond acceptors (Lipinski definition) is 2. The fourth-order valence-corrected chi connectivity index (χ4v) is 3.17. The molecule has 0 spiro atoms. The molecule has 0 aliphatic heterocycles. The lowest BCUT2D eigenvalue weighted by Gasteiger charge is -2.16. The van der Waals surface area contributed by atoms with Gasteiger partial charge in [0.25, 0.3) is 0 Å². The van der Waals surface area contributed by atoms with Crippen LogP contribution in [0.3, 0.4) is 0 Å². The highest BCUT2D eigenvalue weighted by Gasteiger charge is 2.09. The molecule has 0 atom stereocenters. The molecule has 27 heavy (non-hydrogen) atoms. The van der Waals surface area contributed by atoms with Gasteiger partial charge in [-0.1, -0.05) is 60.7 Å². The minimum absolute atomic E-state index is 0.249. The monoisotopic (exact) mass is 357 g/mol. The number of fused-ring (bicyclic) bond motifs is 1. The van der Waals surface area contributed by atoms with Crippen molar-refractivity contribution in [1.29, 1.82) is 0 Å². The SMILES string of the molecule is Fc1cccc(COc2ccc3ccccc3c2CNc2ccccc2)c1. The average molecular weight is 357 g/mol. The maximum atomic E-state index is 13.4. The van der Waals surface area contributed by atoms with E-state index in [2.05, 4.69) is 23.5 Å². The van der Waals surface area contributed by atoms with Gasteiger partial charge in [-0.3, -0.25) is 0 Å². The molecular formula is C24H20FNO. The zero-order chi connectivity index (χ0) is 18.5. The first-order valence-corrected chi connectivity index (χ1v) is 8.96. The molecule has 0 aliphatic rings. The molecule has 4 aromatic rings. The van der Waals surface area contributed by atoms with Crippen molar-refractivity contribution in [3.63, 3.8) is 0 Å². The molecule has 0 radical (unpaired) electrons. The Balaban J connectivity index is 1.62. The Morgan fingerprint density at radius 3 is 2.44 bits per heavy atom. The Kier molecular flexibility index (Phi) is 5.01. The maximum absolute atomic E-state index is 13.4. The van der Waals surface area contributed by atoms with Crippen molar-refractivity contribution in [1.82, 2.24) is 0 Å². The van der Waals surface area contributed by atoms with Crippen LogP contribution in [0.15, 0.2) is 91.0 Å². The lowest BCUT2D eigenvalue weighted by atomic mass is 10.0. The van der Waals surface area contributed by atoms with Crippen molar-refractivity contribution in [2.45, 2.75) is 13.2 Å². The van der Waals surface area contributed by atoms with Crippen LogP contribution in [0.5, 0.6) is 5.75 Å². The molecule has 0 fully saturated rings. The molecule has 0 heterocycles. The van der Waals surface area contributed by atoms with Crippen LogP contribution >= 0.6 is 0 Å². The Hall–Kier alpha value is -3.33. The molecule has 0 amide bonds. The lowest BCUT2D eigenvalue weighted by molar-refractivity contribution is 0.303. The highest BCUT2D eigenvalue weighted by atomic mass is 19.1. The lowest BCUT2D eigenvalue weighted by Crippen LogP contribution is -2.04. The highest BCUT2D eigenvalue weighted by Crippen LogP contribution is 2.29. The van der Waals surface area contributed by atoms with Gasteiger partial charge in [0, 0.05) is 17.8 Å². The van der Waals surface area contributed by atoms with E-state index in [0.29, 0.717) is 13.2 Å². The standard InChI is InChI=1S/C24H20FNO/c25-20-9-6-7-18(15-20)17-27-24-14-13-19-8-4-5-12-22(19)23(24)16-26-21-10-2-1-3-11-21/h1-15,26H,16-17H2. The van der Waals surface area contributed by atoms with Crippen molar-refractivity contribution in [2.24, 2.45) is 0 Å². The second kappa shape index (κ2) is 7.92. The van der Waals surface area contributed by atoms with E-state index < -0.39 is 0 Å². The molecule has 0 aromatic heterocycles. The molecule has 2 nitrogen and oxygen atoms in total. The molecule has 3 heteroatoms. The summed E-state index contributed by atoms with van der Waals surface area (Å²) < 4.78 is 19.5. The third kappa shape index (κ3) is 4.09. The number of benzene rings is 4. The van der Waals surface area contributed by atoms with Gasteiger partial charge >= 0.3 is 0 Å². The Morgan fingerprint density at radius 2 is 1.59 bits per heavy atom. The second-order valence-corrected chi connectivity index (χ2v) is 6.40. The summed E-state index contributed by atoms with van der Waals surface area (Å²) in [5, 5.41) is 5.78. The predicted octanol–water partition coefficient (Wildman–Crippen LogP) is 6.17. The van der Waals surface area contributed by atoms with Crippen molar-refractivity contribution >= 4 is 16.5 Å². The molecular weight excluding hydrogens is 337 g/mol. The molecule has 1 N–H and O–H groups in total. The molecule has 4 aromatic carbocycles. The first kappa shape index (κ1) is 17.1. The molecule has 0 saturated heterocycles. The second-order valence-electron chi connectivity index (χ2n) is 6.40. The largest absolute Gasteiger partial charge is 0.489 e. The average Bonchev–Trinajstić information content (AvgIpc) is 2.71.